The largest absolute Gasteiger partial charge is 0.416 e. The van der Waals surface area contributed by atoms with Gasteiger partial charge in [-0.05, 0) is 56.0 Å². The second-order valence-electron chi connectivity index (χ2n) is 7.06. The maximum absolute atomic E-state index is 13.4. The van der Waals surface area contributed by atoms with Crippen LogP contribution in [0.4, 0.5) is 17.6 Å². The Labute approximate surface area is 147 Å². The maximum atomic E-state index is 13.4. The van der Waals surface area contributed by atoms with Gasteiger partial charge < -0.3 is 11.1 Å². The Morgan fingerprint density at radius 2 is 1.88 bits per heavy atom. The van der Waals surface area contributed by atoms with Gasteiger partial charge in [0, 0.05) is 11.6 Å². The highest BCUT2D eigenvalue weighted by Gasteiger charge is 2.55. The van der Waals surface area contributed by atoms with Crippen molar-refractivity contribution in [1.29, 1.82) is 0 Å². The number of nitrogens with two attached hydrogens (primary N) is 1. The number of rotatable bonds is 4. The minimum absolute atomic E-state index is 0.0933. The van der Waals surface area contributed by atoms with Gasteiger partial charge >= 0.3 is 6.18 Å². The molecule has 3 N–H and O–H groups in total. The fourth-order valence-electron chi connectivity index (χ4n) is 3.61. The Bertz CT molecular complexity index is 727. The molecule has 26 heavy (non-hydrogen) atoms. The number of nitrogens with zero attached hydrogens (tertiary/aromatic N) is 1. The highest BCUT2D eigenvalue weighted by atomic mass is 19.4. The van der Waals surface area contributed by atoms with Crippen LogP contribution in [0.1, 0.15) is 35.2 Å². The number of carbonyl (C=O) groups excluding carboxylic acids is 2. The van der Waals surface area contributed by atoms with Crippen molar-refractivity contribution in [2.24, 2.45) is 11.1 Å². The Hall–Kier alpha value is -2.16. The molecule has 1 spiro atoms. The molecule has 5 nitrogen and oxygen atoms in total. The van der Waals surface area contributed by atoms with E-state index in [1.54, 1.807) is 0 Å². The molecule has 0 unspecified atom stereocenters. The van der Waals surface area contributed by atoms with Crippen LogP contribution in [0.3, 0.4) is 0 Å². The van der Waals surface area contributed by atoms with Crippen molar-refractivity contribution in [1.82, 2.24) is 10.2 Å². The number of alkyl halides is 3. The van der Waals surface area contributed by atoms with Crippen LogP contribution in [0.15, 0.2) is 18.2 Å². The van der Waals surface area contributed by atoms with Crippen LogP contribution < -0.4 is 11.1 Å². The summed E-state index contributed by atoms with van der Waals surface area (Å²) in [5, 5.41) is 2.71. The summed E-state index contributed by atoms with van der Waals surface area (Å²) in [6.07, 6.45) is -2.46. The lowest BCUT2D eigenvalue weighted by Gasteiger charge is -2.32. The van der Waals surface area contributed by atoms with Gasteiger partial charge in [-0.15, -0.1) is 0 Å². The Kier molecular flexibility index (Phi) is 4.68. The first-order valence-corrected chi connectivity index (χ1v) is 8.28. The van der Waals surface area contributed by atoms with Crippen molar-refractivity contribution in [3.8, 4) is 0 Å². The standard InChI is InChI=1S/C17H19F4N3O2/c18-12-6-10(5-11(7-12)17(19,20)21)15(26)23-13-8-16(13)1-3-24(4-2-16)9-14(22)25/h5-7,13H,1-4,8-9H2,(H2,22,25)(H,23,26)/t13-/m0/s1. The number of likely N-dealkylation sites (tertiary alicyclic amines) is 1. The number of piperidine rings is 1. The molecule has 1 heterocycles. The highest BCUT2D eigenvalue weighted by Crippen LogP contribution is 2.53. The normalized spacial score (nSPS) is 22.2. The summed E-state index contributed by atoms with van der Waals surface area (Å²) in [4.78, 5) is 25.1. The third-order valence-corrected chi connectivity index (χ3v) is 5.21. The maximum Gasteiger partial charge on any atom is 0.416 e. The first kappa shape index (κ1) is 18.6. The molecule has 0 bridgehead atoms. The van der Waals surface area contributed by atoms with Gasteiger partial charge in [0.25, 0.3) is 5.91 Å². The summed E-state index contributed by atoms with van der Waals surface area (Å²) in [5.41, 5.74) is 3.55. The lowest BCUT2D eigenvalue weighted by molar-refractivity contribution is -0.137. The summed E-state index contributed by atoms with van der Waals surface area (Å²) < 4.78 is 51.7. The zero-order valence-corrected chi connectivity index (χ0v) is 13.9. The smallest absolute Gasteiger partial charge is 0.369 e. The van der Waals surface area contributed by atoms with Crippen molar-refractivity contribution in [2.75, 3.05) is 19.6 Å². The monoisotopic (exact) mass is 373 g/mol. The zero-order valence-electron chi connectivity index (χ0n) is 13.9. The second kappa shape index (κ2) is 6.53. The molecule has 3 rings (SSSR count). The van der Waals surface area contributed by atoms with Gasteiger partial charge in [-0.1, -0.05) is 0 Å². The zero-order chi connectivity index (χ0) is 19.1. The second-order valence-corrected chi connectivity index (χ2v) is 7.06. The summed E-state index contributed by atoms with van der Waals surface area (Å²) in [5.74, 6) is -2.21. The molecule has 1 aliphatic carbocycles. The first-order chi connectivity index (χ1) is 12.1. The lowest BCUT2D eigenvalue weighted by Crippen LogP contribution is -2.42. The molecule has 0 aromatic heterocycles. The van der Waals surface area contributed by atoms with E-state index in [-0.39, 0.29) is 23.6 Å². The van der Waals surface area contributed by atoms with Crippen LogP contribution >= 0.6 is 0 Å². The van der Waals surface area contributed by atoms with E-state index in [4.69, 9.17) is 5.73 Å². The number of halogens is 4. The van der Waals surface area contributed by atoms with Crippen LogP contribution in [-0.2, 0) is 11.0 Å². The van der Waals surface area contributed by atoms with Crippen molar-refractivity contribution < 1.29 is 27.2 Å². The molecule has 2 aliphatic rings. The van der Waals surface area contributed by atoms with Crippen molar-refractivity contribution in [3.05, 3.63) is 35.1 Å². The van der Waals surface area contributed by atoms with E-state index in [2.05, 4.69) is 5.32 Å². The van der Waals surface area contributed by atoms with Crippen LogP contribution in [0.25, 0.3) is 0 Å². The lowest BCUT2D eigenvalue weighted by atomic mass is 9.92. The number of hydrogen-bond acceptors (Lipinski definition) is 3. The molecule has 0 radical (unpaired) electrons. The third kappa shape index (κ3) is 3.98. The topological polar surface area (TPSA) is 75.4 Å². The molecule has 1 aromatic rings. The highest BCUT2D eigenvalue weighted by molar-refractivity contribution is 5.95. The number of hydrogen-bond donors (Lipinski definition) is 2. The fraction of sp³-hybridized carbons (Fsp3) is 0.529. The van der Waals surface area contributed by atoms with Crippen molar-refractivity contribution in [3.63, 3.8) is 0 Å². The van der Waals surface area contributed by atoms with Gasteiger partial charge in [-0.3, -0.25) is 14.5 Å². The van der Waals surface area contributed by atoms with Gasteiger partial charge in [-0.25, -0.2) is 4.39 Å². The summed E-state index contributed by atoms with van der Waals surface area (Å²) >= 11 is 0. The van der Waals surface area contributed by atoms with E-state index in [9.17, 15) is 27.2 Å². The van der Waals surface area contributed by atoms with E-state index in [0.29, 0.717) is 25.2 Å². The molecule has 1 saturated heterocycles. The molecular formula is C17H19F4N3O2. The minimum atomic E-state index is -4.72. The van der Waals surface area contributed by atoms with Gasteiger partial charge in [0.2, 0.25) is 5.91 Å². The third-order valence-electron chi connectivity index (χ3n) is 5.21. The first-order valence-electron chi connectivity index (χ1n) is 8.28. The summed E-state index contributed by atoms with van der Waals surface area (Å²) in [6, 6.07) is 1.67. The van der Waals surface area contributed by atoms with E-state index in [0.717, 1.165) is 25.3 Å². The predicted octanol–water partition coefficient (Wildman–Crippen LogP) is 1.91. The Morgan fingerprint density at radius 1 is 1.23 bits per heavy atom. The van der Waals surface area contributed by atoms with E-state index < -0.39 is 29.4 Å². The Balaban J connectivity index is 1.61. The van der Waals surface area contributed by atoms with E-state index in [1.165, 1.54) is 0 Å². The summed E-state index contributed by atoms with van der Waals surface area (Å²) in [7, 11) is 0. The number of carbonyl (C=O) groups is 2. The van der Waals surface area contributed by atoms with Gasteiger partial charge in [0.15, 0.2) is 0 Å². The molecule has 1 aliphatic heterocycles. The van der Waals surface area contributed by atoms with E-state index >= 15 is 0 Å². The molecule has 2 amide bonds. The number of amides is 2. The van der Waals surface area contributed by atoms with Crippen molar-refractivity contribution in [2.45, 2.75) is 31.5 Å². The Morgan fingerprint density at radius 3 is 2.46 bits per heavy atom. The molecular weight excluding hydrogens is 354 g/mol. The quantitative estimate of drug-likeness (QED) is 0.792. The van der Waals surface area contributed by atoms with Crippen molar-refractivity contribution >= 4 is 11.8 Å². The van der Waals surface area contributed by atoms with Gasteiger partial charge in [0.05, 0.1) is 12.1 Å². The number of nitrogens with one attached hydrogen (secondary N) is 1. The van der Waals surface area contributed by atoms with Gasteiger partial charge in [-0.2, -0.15) is 13.2 Å². The van der Waals surface area contributed by atoms with Gasteiger partial charge in [0.1, 0.15) is 5.82 Å². The molecule has 1 aromatic carbocycles. The molecule has 1 saturated carbocycles. The molecule has 9 heteroatoms. The van der Waals surface area contributed by atoms with E-state index in [1.807, 2.05) is 4.90 Å². The fourth-order valence-corrected chi connectivity index (χ4v) is 3.61. The van der Waals surface area contributed by atoms with Crippen LogP contribution in [0, 0.1) is 11.2 Å². The average molecular weight is 373 g/mol. The number of benzene rings is 1. The van der Waals surface area contributed by atoms with Crippen LogP contribution in [0.2, 0.25) is 0 Å². The minimum Gasteiger partial charge on any atom is -0.369 e. The van der Waals surface area contributed by atoms with Crippen LogP contribution in [-0.4, -0.2) is 42.4 Å². The average Bonchev–Trinajstić information content (AvgIpc) is 3.19. The molecule has 2 fully saturated rings. The SMILES string of the molecule is NC(=O)CN1CCC2(CC1)C[C@@H]2NC(=O)c1cc(F)cc(C(F)(F)F)c1. The van der Waals surface area contributed by atoms with Crippen LogP contribution in [0.5, 0.6) is 0 Å². The molecule has 1 atom stereocenters. The number of primary amides is 1. The molecule has 142 valence electrons. The predicted molar refractivity (Wildman–Crippen MR) is 84.6 cm³/mol. The summed E-state index contributed by atoms with van der Waals surface area (Å²) in [6.45, 7) is 1.54.